The first kappa shape index (κ1) is 17.6. The van der Waals surface area contributed by atoms with Gasteiger partial charge in [-0.05, 0) is 49.0 Å². The van der Waals surface area contributed by atoms with Crippen LogP contribution in [0, 0.1) is 17.8 Å². The maximum Gasteiger partial charge on any atom is 0.233 e. The van der Waals surface area contributed by atoms with E-state index >= 15 is 0 Å². The van der Waals surface area contributed by atoms with E-state index in [-0.39, 0.29) is 22.2 Å². The van der Waals surface area contributed by atoms with Gasteiger partial charge in [0.25, 0.3) is 0 Å². The Bertz CT molecular complexity index is 717. The minimum absolute atomic E-state index is 0.0211. The number of nitrogens with zero attached hydrogens (tertiary/aromatic N) is 1. The summed E-state index contributed by atoms with van der Waals surface area (Å²) in [6.45, 7) is 8.93. The van der Waals surface area contributed by atoms with Crippen LogP contribution in [0.15, 0.2) is 24.3 Å². The molecule has 3 aliphatic rings. The summed E-state index contributed by atoms with van der Waals surface area (Å²) in [5.74, 6) is 0.480. The van der Waals surface area contributed by atoms with Gasteiger partial charge in [-0.2, -0.15) is 0 Å². The number of nitrogens with one attached hydrogen (secondary N) is 1. The highest BCUT2D eigenvalue weighted by molar-refractivity contribution is 5.93. The number of carbonyl (C=O) groups is 2. The molecule has 1 aromatic carbocycles. The van der Waals surface area contributed by atoms with E-state index in [9.17, 15) is 9.59 Å². The Morgan fingerprint density at radius 1 is 1.08 bits per heavy atom. The van der Waals surface area contributed by atoms with Gasteiger partial charge in [-0.25, -0.2) is 0 Å². The van der Waals surface area contributed by atoms with Crippen LogP contribution >= 0.6 is 0 Å². The Kier molecular flexibility index (Phi) is 3.94. The average molecular weight is 354 g/mol. The van der Waals surface area contributed by atoms with E-state index in [4.69, 9.17) is 0 Å². The minimum Gasteiger partial charge on any atom is -0.356 e. The number of amides is 2. The first-order valence-electron chi connectivity index (χ1n) is 9.91. The summed E-state index contributed by atoms with van der Waals surface area (Å²) in [5.41, 5.74) is 2.28. The van der Waals surface area contributed by atoms with E-state index in [2.05, 4.69) is 55.3 Å². The van der Waals surface area contributed by atoms with Crippen LogP contribution < -0.4 is 5.32 Å². The number of carbonyl (C=O) groups excluding carboxylic acids is 2. The summed E-state index contributed by atoms with van der Waals surface area (Å²) in [5, 5.41) is 3.03. The Morgan fingerprint density at radius 2 is 1.69 bits per heavy atom. The summed E-state index contributed by atoms with van der Waals surface area (Å²) in [6.07, 6.45) is 4.54. The zero-order valence-corrected chi connectivity index (χ0v) is 16.2. The number of aryl methyl sites for hydroxylation is 1. The van der Waals surface area contributed by atoms with Gasteiger partial charge in [-0.15, -0.1) is 0 Å². The highest BCUT2D eigenvalue weighted by Gasteiger charge is 2.68. The topological polar surface area (TPSA) is 49.4 Å². The average Bonchev–Trinajstić information content (AvgIpc) is 3.22. The molecule has 1 atom stereocenters. The highest BCUT2D eigenvalue weighted by atomic mass is 16.2. The van der Waals surface area contributed by atoms with Crippen molar-refractivity contribution in [2.45, 2.75) is 58.3 Å². The molecule has 2 amide bonds. The van der Waals surface area contributed by atoms with Gasteiger partial charge >= 0.3 is 0 Å². The van der Waals surface area contributed by atoms with Crippen molar-refractivity contribution in [1.29, 1.82) is 0 Å². The van der Waals surface area contributed by atoms with Gasteiger partial charge in [-0.1, -0.05) is 43.7 Å². The van der Waals surface area contributed by atoms with Crippen molar-refractivity contribution in [3.05, 3.63) is 35.4 Å². The quantitative estimate of drug-likeness (QED) is 0.887. The van der Waals surface area contributed by atoms with Crippen LogP contribution in [-0.2, 0) is 15.0 Å². The van der Waals surface area contributed by atoms with Gasteiger partial charge in [0.1, 0.15) is 0 Å². The Balaban J connectivity index is 1.50. The van der Waals surface area contributed by atoms with Gasteiger partial charge in [0.2, 0.25) is 11.8 Å². The molecule has 1 saturated carbocycles. The van der Waals surface area contributed by atoms with E-state index in [0.717, 1.165) is 45.3 Å². The number of hydrogen-bond acceptors (Lipinski definition) is 2. The molecule has 0 aromatic heterocycles. The molecule has 26 heavy (non-hydrogen) atoms. The third kappa shape index (κ3) is 2.65. The summed E-state index contributed by atoms with van der Waals surface area (Å²) in [4.78, 5) is 27.1. The van der Waals surface area contributed by atoms with Gasteiger partial charge in [-0.3, -0.25) is 9.59 Å². The first-order chi connectivity index (χ1) is 12.3. The number of hydrogen-bond donors (Lipinski definition) is 1. The number of likely N-dealkylation sites (tertiary alicyclic amines) is 1. The van der Waals surface area contributed by atoms with Crippen molar-refractivity contribution in [2.75, 3.05) is 19.6 Å². The minimum atomic E-state index is -0.355. The fourth-order valence-corrected chi connectivity index (χ4v) is 5.16. The number of rotatable bonds is 2. The smallest absolute Gasteiger partial charge is 0.233 e. The predicted octanol–water partition coefficient (Wildman–Crippen LogP) is 3.18. The predicted molar refractivity (Wildman–Crippen MR) is 102 cm³/mol. The van der Waals surface area contributed by atoms with E-state index in [1.165, 1.54) is 11.1 Å². The summed E-state index contributed by atoms with van der Waals surface area (Å²) >= 11 is 0. The maximum atomic E-state index is 13.6. The van der Waals surface area contributed by atoms with Crippen molar-refractivity contribution >= 4 is 11.8 Å². The van der Waals surface area contributed by atoms with Crippen molar-refractivity contribution in [2.24, 2.45) is 10.8 Å². The van der Waals surface area contributed by atoms with Crippen LogP contribution in [0.25, 0.3) is 0 Å². The lowest BCUT2D eigenvalue weighted by Gasteiger charge is -2.45. The molecule has 2 aliphatic heterocycles. The SMILES string of the molecule is Cc1ccc([C@]2(C(=O)N3CCC4(CCC(=O)NC4)CC3)CC2(C)C)cc1. The second kappa shape index (κ2) is 5.83. The lowest BCUT2D eigenvalue weighted by Crippen LogP contribution is -2.52. The molecule has 1 aliphatic carbocycles. The van der Waals surface area contributed by atoms with Gasteiger partial charge in [0.05, 0.1) is 5.41 Å². The third-order valence-corrected chi connectivity index (χ3v) is 7.30. The molecule has 1 spiro atoms. The molecule has 3 fully saturated rings. The zero-order chi connectivity index (χ0) is 18.6. The maximum absolute atomic E-state index is 13.6. The van der Waals surface area contributed by atoms with Crippen molar-refractivity contribution < 1.29 is 9.59 Å². The number of piperidine rings is 2. The molecule has 1 aromatic rings. The molecule has 4 heteroatoms. The fourth-order valence-electron chi connectivity index (χ4n) is 5.16. The summed E-state index contributed by atoms with van der Waals surface area (Å²) in [7, 11) is 0. The second-order valence-electron chi connectivity index (χ2n) is 9.40. The Morgan fingerprint density at radius 3 is 2.19 bits per heavy atom. The van der Waals surface area contributed by atoms with Crippen molar-refractivity contribution in [1.82, 2.24) is 10.2 Å². The van der Waals surface area contributed by atoms with Crippen LogP contribution in [0.5, 0.6) is 0 Å². The molecule has 140 valence electrons. The normalized spacial score (nSPS) is 29.3. The van der Waals surface area contributed by atoms with Gasteiger partial charge < -0.3 is 10.2 Å². The van der Waals surface area contributed by atoms with Crippen LogP contribution in [0.1, 0.15) is 57.1 Å². The molecular weight excluding hydrogens is 324 g/mol. The second-order valence-corrected chi connectivity index (χ2v) is 9.40. The molecular formula is C22H30N2O2. The zero-order valence-electron chi connectivity index (χ0n) is 16.2. The molecule has 4 rings (SSSR count). The summed E-state index contributed by atoms with van der Waals surface area (Å²) < 4.78 is 0. The highest BCUT2D eigenvalue weighted by Crippen LogP contribution is 2.65. The molecule has 4 nitrogen and oxygen atoms in total. The van der Waals surface area contributed by atoms with E-state index in [1.54, 1.807) is 0 Å². The van der Waals surface area contributed by atoms with Crippen molar-refractivity contribution in [3.8, 4) is 0 Å². The Hall–Kier alpha value is -1.84. The monoisotopic (exact) mass is 354 g/mol. The Labute approximate surface area is 156 Å². The lowest BCUT2D eigenvalue weighted by molar-refractivity contribution is -0.138. The molecule has 0 radical (unpaired) electrons. The lowest BCUT2D eigenvalue weighted by atomic mass is 9.72. The van der Waals surface area contributed by atoms with Gasteiger partial charge in [0, 0.05) is 26.1 Å². The number of benzene rings is 1. The third-order valence-electron chi connectivity index (χ3n) is 7.30. The molecule has 2 heterocycles. The summed E-state index contributed by atoms with van der Waals surface area (Å²) in [6, 6.07) is 8.53. The van der Waals surface area contributed by atoms with E-state index in [0.29, 0.717) is 12.3 Å². The molecule has 0 bridgehead atoms. The molecule has 0 unspecified atom stereocenters. The fraction of sp³-hybridized carbons (Fsp3) is 0.636. The first-order valence-corrected chi connectivity index (χ1v) is 9.91. The van der Waals surface area contributed by atoms with Crippen LogP contribution in [0.4, 0.5) is 0 Å². The van der Waals surface area contributed by atoms with Crippen LogP contribution in [0.2, 0.25) is 0 Å². The largest absolute Gasteiger partial charge is 0.356 e. The van der Waals surface area contributed by atoms with E-state index < -0.39 is 0 Å². The standard InChI is InChI=1S/C22H30N2O2/c1-16-4-6-17(7-5-16)22(14-20(22,2)3)19(26)24-12-10-21(11-13-24)9-8-18(25)23-15-21/h4-7H,8-15H2,1-3H3,(H,23,25)/t22-/m0/s1. The van der Waals surface area contributed by atoms with Crippen molar-refractivity contribution in [3.63, 3.8) is 0 Å². The van der Waals surface area contributed by atoms with Crippen LogP contribution in [-0.4, -0.2) is 36.3 Å². The molecule has 2 saturated heterocycles. The van der Waals surface area contributed by atoms with Gasteiger partial charge in [0.15, 0.2) is 0 Å². The van der Waals surface area contributed by atoms with E-state index in [1.807, 2.05) is 0 Å². The molecule has 1 N–H and O–H groups in total. The van der Waals surface area contributed by atoms with Crippen LogP contribution in [0.3, 0.4) is 0 Å².